The Balaban J connectivity index is 0.958. The van der Waals surface area contributed by atoms with Crippen LogP contribution in [0.1, 0.15) is 22.3 Å². The quantitative estimate of drug-likeness (QED) is 0.152. The maximum atomic E-state index is 7.21. The van der Waals surface area contributed by atoms with Crippen LogP contribution in [0.3, 0.4) is 0 Å². The number of hydrogen-bond acceptors (Lipinski definition) is 4. The summed E-state index contributed by atoms with van der Waals surface area (Å²) in [6.45, 7) is 0. The molecular formula is C67H44N2O2. The highest BCUT2D eigenvalue weighted by Gasteiger charge is 2.51. The van der Waals surface area contributed by atoms with Gasteiger partial charge in [0.15, 0.2) is 11.3 Å². The zero-order valence-electron chi connectivity index (χ0n) is 38.6. The first-order valence-electron chi connectivity index (χ1n) is 24.2. The van der Waals surface area contributed by atoms with Crippen molar-refractivity contribution in [3.8, 4) is 44.9 Å². The molecule has 71 heavy (non-hydrogen) atoms. The molecule has 0 fully saturated rings. The Bertz CT molecular complexity index is 3860. The summed E-state index contributed by atoms with van der Waals surface area (Å²) in [5, 5.41) is 2.07. The molecule has 1 aliphatic carbocycles. The number of nitrogens with zero attached hydrogens (tertiary/aromatic N) is 2. The fourth-order valence-corrected chi connectivity index (χ4v) is 11.5. The van der Waals surface area contributed by atoms with E-state index in [1.54, 1.807) is 0 Å². The molecule has 11 aromatic carbocycles. The van der Waals surface area contributed by atoms with Crippen LogP contribution in [0, 0.1) is 0 Å². The Morgan fingerprint density at radius 3 is 1.45 bits per heavy atom. The van der Waals surface area contributed by atoms with Gasteiger partial charge in [0.05, 0.1) is 22.5 Å². The lowest BCUT2D eigenvalue weighted by atomic mass is 9.66. The van der Waals surface area contributed by atoms with E-state index in [4.69, 9.17) is 9.15 Å². The number of anilines is 6. The highest BCUT2D eigenvalue weighted by molar-refractivity contribution is 6.11. The number of ether oxygens (including phenoxy) is 1. The van der Waals surface area contributed by atoms with Crippen LogP contribution in [0.5, 0.6) is 11.5 Å². The lowest BCUT2D eigenvalue weighted by Gasteiger charge is -2.41. The number of rotatable bonds is 8. The molecular weight excluding hydrogens is 865 g/mol. The molecule has 334 valence electrons. The minimum atomic E-state index is -0.595. The maximum Gasteiger partial charge on any atom is 0.159 e. The first-order valence-corrected chi connectivity index (χ1v) is 24.2. The van der Waals surface area contributed by atoms with Gasteiger partial charge in [0, 0.05) is 45.0 Å². The van der Waals surface area contributed by atoms with Crippen LogP contribution < -0.4 is 14.5 Å². The molecule has 0 amide bonds. The van der Waals surface area contributed by atoms with E-state index in [1.165, 1.54) is 22.3 Å². The van der Waals surface area contributed by atoms with Crippen molar-refractivity contribution in [2.24, 2.45) is 0 Å². The Kier molecular flexibility index (Phi) is 9.39. The third kappa shape index (κ3) is 6.39. The largest absolute Gasteiger partial charge is 0.454 e. The Hall–Kier alpha value is -9.38. The molecule has 0 unspecified atom stereocenters. The molecule has 1 aromatic heterocycles. The van der Waals surface area contributed by atoms with Crippen LogP contribution in [0.15, 0.2) is 271 Å². The predicted molar refractivity (Wildman–Crippen MR) is 291 cm³/mol. The highest BCUT2D eigenvalue weighted by Crippen LogP contribution is 2.64. The van der Waals surface area contributed by atoms with Crippen molar-refractivity contribution >= 4 is 56.1 Å². The predicted octanol–water partition coefficient (Wildman–Crippen LogP) is 18.3. The highest BCUT2D eigenvalue weighted by atomic mass is 16.5. The van der Waals surface area contributed by atoms with Crippen LogP contribution >= 0.6 is 0 Å². The van der Waals surface area contributed by atoms with Crippen LogP contribution in [0.4, 0.5) is 34.1 Å². The standard InChI is InChI=1S/C67H44N2O2/c1-4-20-45(21-5-1)47-24-16-28-50(42-47)69(51-29-17-25-48(43-51)46-22-6-2-7-23-46)61-37-18-32-56-55-41-40-52(44-64(55)71-65(56)61)68(49-26-8-3-9-27-49)62-38-19-36-60-66(62)70-63-39-15-14-35-59(63)67(60)57-33-12-10-30-53(57)54-31-11-13-34-58(54)67/h1-44H. The smallest absolute Gasteiger partial charge is 0.159 e. The molecule has 4 heteroatoms. The molecule has 2 heterocycles. The first-order chi connectivity index (χ1) is 35.2. The third-order valence-electron chi connectivity index (χ3n) is 14.5. The second-order valence-corrected chi connectivity index (χ2v) is 18.4. The number of hydrogen-bond donors (Lipinski definition) is 0. The van der Waals surface area contributed by atoms with Gasteiger partial charge in [0.25, 0.3) is 0 Å². The van der Waals surface area contributed by atoms with Crippen molar-refractivity contribution < 1.29 is 9.15 Å². The molecule has 1 aliphatic heterocycles. The van der Waals surface area contributed by atoms with Crippen molar-refractivity contribution in [3.05, 3.63) is 289 Å². The summed E-state index contributed by atoms with van der Waals surface area (Å²) in [6.07, 6.45) is 0. The van der Waals surface area contributed by atoms with Gasteiger partial charge in [-0.25, -0.2) is 0 Å². The van der Waals surface area contributed by atoms with E-state index < -0.39 is 5.41 Å². The monoisotopic (exact) mass is 908 g/mol. The van der Waals surface area contributed by atoms with Crippen LogP contribution in [0.2, 0.25) is 0 Å². The molecule has 0 atom stereocenters. The van der Waals surface area contributed by atoms with Gasteiger partial charge in [-0.15, -0.1) is 0 Å². The summed E-state index contributed by atoms with van der Waals surface area (Å²) >= 11 is 0. The SMILES string of the molecule is c1ccc(-c2cccc(N(c3cccc(-c4ccccc4)c3)c3cccc4c3oc3cc(N(c5ccccc5)c5cccc6c5Oc5ccccc5C65c6ccccc6-c6ccccc65)ccc34)c2)cc1. The average molecular weight is 909 g/mol. The van der Waals surface area contributed by atoms with E-state index in [9.17, 15) is 0 Å². The Morgan fingerprint density at radius 1 is 0.310 bits per heavy atom. The summed E-state index contributed by atoms with van der Waals surface area (Å²) in [4.78, 5) is 4.65. The number of para-hydroxylation sites is 4. The van der Waals surface area contributed by atoms with Gasteiger partial charge < -0.3 is 19.0 Å². The first kappa shape index (κ1) is 40.7. The fourth-order valence-electron chi connectivity index (χ4n) is 11.5. The summed E-state index contributed by atoms with van der Waals surface area (Å²) in [7, 11) is 0. The molecule has 14 rings (SSSR count). The van der Waals surface area contributed by atoms with E-state index in [2.05, 4.69) is 277 Å². The lowest BCUT2D eigenvalue weighted by Crippen LogP contribution is -2.32. The lowest BCUT2D eigenvalue weighted by molar-refractivity contribution is 0.437. The topological polar surface area (TPSA) is 28.9 Å². The van der Waals surface area contributed by atoms with E-state index in [-0.39, 0.29) is 0 Å². The molecule has 0 saturated carbocycles. The minimum absolute atomic E-state index is 0.595. The molecule has 0 saturated heterocycles. The Morgan fingerprint density at radius 2 is 0.789 bits per heavy atom. The van der Waals surface area contributed by atoms with E-state index >= 15 is 0 Å². The van der Waals surface area contributed by atoms with Gasteiger partial charge in [-0.3, -0.25) is 0 Å². The van der Waals surface area contributed by atoms with Crippen molar-refractivity contribution in [1.82, 2.24) is 0 Å². The van der Waals surface area contributed by atoms with Crippen LogP contribution in [-0.2, 0) is 5.41 Å². The minimum Gasteiger partial charge on any atom is -0.454 e. The molecule has 1 spiro atoms. The number of fused-ring (bicyclic) bond motifs is 12. The second kappa shape index (κ2) is 16.4. The van der Waals surface area contributed by atoms with Gasteiger partial charge >= 0.3 is 0 Å². The third-order valence-corrected chi connectivity index (χ3v) is 14.5. The molecule has 4 nitrogen and oxygen atoms in total. The van der Waals surface area contributed by atoms with Crippen LogP contribution in [0.25, 0.3) is 55.3 Å². The number of furan rings is 1. The number of benzene rings is 11. The van der Waals surface area contributed by atoms with E-state index in [0.717, 1.165) is 101 Å². The van der Waals surface area contributed by atoms with E-state index in [1.807, 2.05) is 0 Å². The normalized spacial score (nSPS) is 12.7. The molecule has 12 aromatic rings. The van der Waals surface area contributed by atoms with Crippen molar-refractivity contribution in [2.45, 2.75) is 5.41 Å². The summed E-state index contributed by atoms with van der Waals surface area (Å²) in [5.74, 6) is 1.67. The van der Waals surface area contributed by atoms with Gasteiger partial charge in [-0.1, -0.05) is 194 Å². The average Bonchev–Trinajstić information content (AvgIpc) is 3.96. The van der Waals surface area contributed by atoms with Crippen molar-refractivity contribution in [3.63, 3.8) is 0 Å². The summed E-state index contributed by atoms with van der Waals surface area (Å²) in [6, 6.07) is 95.4. The van der Waals surface area contributed by atoms with E-state index in [0.29, 0.717) is 0 Å². The van der Waals surface area contributed by atoms with Crippen molar-refractivity contribution in [1.29, 1.82) is 0 Å². The zero-order chi connectivity index (χ0) is 46.9. The molecule has 0 radical (unpaired) electrons. The van der Waals surface area contributed by atoms with Crippen LogP contribution in [-0.4, -0.2) is 0 Å². The van der Waals surface area contributed by atoms with Crippen molar-refractivity contribution in [2.75, 3.05) is 9.80 Å². The maximum absolute atomic E-state index is 7.21. The molecule has 0 bridgehead atoms. The summed E-state index contributed by atoms with van der Waals surface area (Å²) in [5.41, 5.74) is 18.7. The fraction of sp³-hybridized carbons (Fsp3) is 0.0149. The van der Waals surface area contributed by atoms with Gasteiger partial charge in [-0.2, -0.15) is 0 Å². The zero-order valence-corrected chi connectivity index (χ0v) is 38.6. The Labute approximate surface area is 412 Å². The van der Waals surface area contributed by atoms with Gasteiger partial charge in [-0.05, 0) is 111 Å². The van der Waals surface area contributed by atoms with Gasteiger partial charge in [0.2, 0.25) is 0 Å². The molecule has 2 aliphatic rings. The molecule has 0 N–H and O–H groups in total. The van der Waals surface area contributed by atoms with Gasteiger partial charge in [0.1, 0.15) is 11.3 Å². The summed E-state index contributed by atoms with van der Waals surface area (Å²) < 4.78 is 14.4. The second-order valence-electron chi connectivity index (χ2n) is 18.4.